The number of allylic oxidation sites excluding steroid dienone is 2. The van der Waals surface area contributed by atoms with Gasteiger partial charge in [0.2, 0.25) is 0 Å². The molecular weight excluding hydrogens is 562 g/mol. The Bertz CT molecular complexity index is 1250. The fraction of sp³-hybridized carbons (Fsp3) is 0.632. The molecule has 2 fully saturated rings. The number of H-pyrrole nitrogens is 1. The molecule has 3 aliphatic rings. The first-order valence-corrected chi connectivity index (χ1v) is 17.7. The van der Waals surface area contributed by atoms with Crippen LogP contribution in [-0.4, -0.2) is 45.7 Å². The number of aromatic nitrogens is 1. The second-order valence-electron chi connectivity index (χ2n) is 14.0. The number of ether oxygens (including phenoxy) is 1. The minimum Gasteiger partial charge on any atom is -0.504 e. The summed E-state index contributed by atoms with van der Waals surface area (Å²) < 4.78 is 6.30. The third kappa shape index (κ3) is 8.68. The fourth-order valence-corrected chi connectivity index (χ4v) is 8.45. The number of benzene rings is 1. The number of dihydropyridines is 1. The van der Waals surface area contributed by atoms with Crippen LogP contribution in [0.3, 0.4) is 0 Å². The van der Waals surface area contributed by atoms with Gasteiger partial charge >= 0.3 is 0 Å². The number of nitrogens with two attached hydrogens (primary N) is 1. The Morgan fingerprint density at radius 3 is 2.62 bits per heavy atom. The van der Waals surface area contributed by atoms with Gasteiger partial charge in [-0.3, -0.25) is 0 Å². The van der Waals surface area contributed by atoms with Crippen molar-refractivity contribution < 1.29 is 20.1 Å². The van der Waals surface area contributed by atoms with E-state index in [9.17, 15) is 15.3 Å². The van der Waals surface area contributed by atoms with Crippen molar-refractivity contribution in [1.29, 1.82) is 0 Å². The van der Waals surface area contributed by atoms with E-state index in [1.165, 1.54) is 56.2 Å². The minimum absolute atomic E-state index is 0.00980. The van der Waals surface area contributed by atoms with E-state index < -0.39 is 12.2 Å². The van der Waals surface area contributed by atoms with Crippen molar-refractivity contribution in [2.75, 3.05) is 13.2 Å². The van der Waals surface area contributed by atoms with Crippen molar-refractivity contribution in [1.82, 2.24) is 10.3 Å². The van der Waals surface area contributed by atoms with Crippen LogP contribution in [0.25, 0.3) is 0 Å². The lowest BCUT2D eigenvalue weighted by Crippen LogP contribution is -2.40. The summed E-state index contributed by atoms with van der Waals surface area (Å²) in [5.74, 6) is 2.63. The van der Waals surface area contributed by atoms with Gasteiger partial charge in [0, 0.05) is 23.9 Å². The molecule has 0 unspecified atom stereocenters. The van der Waals surface area contributed by atoms with Gasteiger partial charge in [-0.1, -0.05) is 64.0 Å². The first kappa shape index (κ1) is 33.5. The third-order valence-corrected chi connectivity index (χ3v) is 11.1. The summed E-state index contributed by atoms with van der Waals surface area (Å²) in [6, 6.07) is 9.83. The molecule has 7 N–H and O–H groups in total. The Labute approximate surface area is 270 Å². The highest BCUT2D eigenvalue weighted by atomic mass is 16.5. The average Bonchev–Trinajstić information content (AvgIpc) is 3.49. The van der Waals surface area contributed by atoms with Gasteiger partial charge in [-0.15, -0.1) is 0 Å². The molecule has 0 radical (unpaired) electrons. The number of hydrogen-bond acceptors (Lipinski definition) is 6. The highest BCUT2D eigenvalue weighted by Gasteiger charge is 2.43. The first-order chi connectivity index (χ1) is 21.9. The molecule has 7 heteroatoms. The van der Waals surface area contributed by atoms with Gasteiger partial charge in [-0.05, 0) is 111 Å². The number of aliphatic hydroxyl groups excluding tert-OH is 2. The zero-order valence-electron chi connectivity index (χ0n) is 27.4. The quantitative estimate of drug-likeness (QED) is 0.127. The molecule has 5 rings (SSSR count). The SMILES string of the molecule is CC[C@H]1CCC[C@@H]([C@H](O)C[C@H](O)CCc2ccc(O)c(OCC[C@H](C3=CCNC(N)=C3)C3(c4ccc[nH]4)CCCCC3)c2)CC1. The molecule has 0 spiro atoms. The number of nitrogens with one attached hydrogen (secondary N) is 2. The number of phenols is 1. The lowest BCUT2D eigenvalue weighted by atomic mass is 9.60. The number of aliphatic hydroxyl groups is 2. The van der Waals surface area contributed by atoms with Crippen molar-refractivity contribution in [3.8, 4) is 11.5 Å². The summed E-state index contributed by atoms with van der Waals surface area (Å²) in [5, 5.41) is 35.6. The third-order valence-electron chi connectivity index (χ3n) is 11.1. The van der Waals surface area contributed by atoms with Gasteiger partial charge in [0.1, 0.15) is 0 Å². The Kier molecular flexibility index (Phi) is 12.0. The van der Waals surface area contributed by atoms with E-state index in [2.05, 4.69) is 41.5 Å². The standard InChI is InChI=1S/C38H57N3O4/c1-2-27-8-6-9-29(14-11-27)34(44)26-31(42)15-12-28-13-16-33(43)35(24-28)45-23-18-32(30-17-22-41-37(39)25-30)38(19-4-3-5-20-38)36-10-7-21-40-36/h7,10,13,16-17,21,24-25,27,29,31-32,34,40-44H,2-6,8-9,11-12,14-15,18-20,22-23,26,39H2,1H3/t27-,29+,31+,32+,34+/m0/s1. The summed E-state index contributed by atoms with van der Waals surface area (Å²) in [6.07, 6.45) is 20.7. The largest absolute Gasteiger partial charge is 0.504 e. The maximum Gasteiger partial charge on any atom is 0.161 e. The van der Waals surface area contributed by atoms with Crippen molar-refractivity contribution >= 4 is 0 Å². The second kappa shape index (κ2) is 16.1. The molecule has 7 nitrogen and oxygen atoms in total. The van der Waals surface area contributed by atoms with Crippen LogP contribution in [0.15, 0.2) is 60.1 Å². The highest BCUT2D eigenvalue weighted by molar-refractivity contribution is 5.42. The van der Waals surface area contributed by atoms with Crippen molar-refractivity contribution in [2.24, 2.45) is 23.5 Å². The van der Waals surface area contributed by atoms with E-state index in [0.717, 1.165) is 50.1 Å². The summed E-state index contributed by atoms with van der Waals surface area (Å²) in [5.41, 5.74) is 9.80. The number of hydrogen-bond donors (Lipinski definition) is 6. The maximum atomic E-state index is 10.9. The average molecular weight is 620 g/mol. The minimum atomic E-state index is -0.553. The van der Waals surface area contributed by atoms with Crippen LogP contribution in [0.1, 0.15) is 108 Å². The number of aromatic hydroxyl groups is 1. The Morgan fingerprint density at radius 2 is 1.87 bits per heavy atom. The van der Waals surface area contributed by atoms with Crippen LogP contribution in [0.4, 0.5) is 0 Å². The summed E-state index contributed by atoms with van der Waals surface area (Å²) in [4.78, 5) is 3.55. The normalized spacial score (nSPS) is 24.0. The predicted octanol–water partition coefficient (Wildman–Crippen LogP) is 6.99. The zero-order chi connectivity index (χ0) is 31.6. The fourth-order valence-electron chi connectivity index (χ4n) is 8.45. The van der Waals surface area contributed by atoms with Crippen molar-refractivity contribution in [2.45, 2.75) is 121 Å². The predicted molar refractivity (Wildman–Crippen MR) is 181 cm³/mol. The molecule has 5 atom stereocenters. The van der Waals surface area contributed by atoms with Crippen LogP contribution in [0.2, 0.25) is 0 Å². The van der Waals surface area contributed by atoms with Gasteiger partial charge in [-0.2, -0.15) is 0 Å². The molecule has 1 aromatic heterocycles. The maximum absolute atomic E-state index is 10.9. The van der Waals surface area contributed by atoms with Crippen molar-refractivity contribution in [3.05, 3.63) is 71.3 Å². The molecule has 1 aromatic carbocycles. The van der Waals surface area contributed by atoms with E-state index in [0.29, 0.717) is 43.4 Å². The van der Waals surface area contributed by atoms with Gasteiger partial charge in [0.15, 0.2) is 11.5 Å². The summed E-state index contributed by atoms with van der Waals surface area (Å²) in [6.45, 7) is 3.46. The van der Waals surface area contributed by atoms with Crippen LogP contribution in [0, 0.1) is 17.8 Å². The molecule has 1 aliphatic heterocycles. The number of phenolic OH excluding ortho intramolecular Hbond substituents is 1. The molecule has 2 heterocycles. The van der Waals surface area contributed by atoms with E-state index >= 15 is 0 Å². The number of rotatable bonds is 14. The zero-order valence-corrected chi connectivity index (χ0v) is 27.4. The molecule has 2 aliphatic carbocycles. The highest BCUT2D eigenvalue weighted by Crippen LogP contribution is 2.49. The lowest BCUT2D eigenvalue weighted by Gasteiger charge is -2.44. The Hall–Kier alpha value is -2.90. The molecule has 45 heavy (non-hydrogen) atoms. The molecule has 2 aromatic rings. The molecular formula is C38H57N3O4. The van der Waals surface area contributed by atoms with Crippen LogP contribution < -0.4 is 15.8 Å². The Balaban J connectivity index is 1.20. The monoisotopic (exact) mass is 619 g/mol. The number of aryl methyl sites for hydroxylation is 1. The molecule has 0 amide bonds. The smallest absolute Gasteiger partial charge is 0.161 e. The van der Waals surface area contributed by atoms with Gasteiger partial charge in [0.25, 0.3) is 0 Å². The van der Waals surface area contributed by atoms with E-state index in [1.807, 2.05) is 18.3 Å². The van der Waals surface area contributed by atoms with E-state index in [1.54, 1.807) is 6.07 Å². The second-order valence-corrected chi connectivity index (χ2v) is 14.0. The van der Waals surface area contributed by atoms with E-state index in [4.69, 9.17) is 10.5 Å². The molecule has 2 saturated carbocycles. The van der Waals surface area contributed by atoms with Crippen LogP contribution in [-0.2, 0) is 11.8 Å². The molecule has 0 bridgehead atoms. The van der Waals surface area contributed by atoms with E-state index in [-0.39, 0.29) is 17.1 Å². The molecule has 0 saturated heterocycles. The topological polar surface area (TPSA) is 124 Å². The molecule has 248 valence electrons. The van der Waals surface area contributed by atoms with Crippen LogP contribution >= 0.6 is 0 Å². The van der Waals surface area contributed by atoms with Gasteiger partial charge < -0.3 is 36.1 Å². The van der Waals surface area contributed by atoms with Crippen LogP contribution in [0.5, 0.6) is 11.5 Å². The van der Waals surface area contributed by atoms with Gasteiger partial charge in [0.05, 0.1) is 24.6 Å². The first-order valence-electron chi connectivity index (χ1n) is 17.7. The Morgan fingerprint density at radius 1 is 1.02 bits per heavy atom. The summed E-state index contributed by atoms with van der Waals surface area (Å²) in [7, 11) is 0. The number of aromatic amines is 1. The summed E-state index contributed by atoms with van der Waals surface area (Å²) >= 11 is 0. The van der Waals surface area contributed by atoms with Crippen molar-refractivity contribution in [3.63, 3.8) is 0 Å². The lowest BCUT2D eigenvalue weighted by molar-refractivity contribution is 0.0352. The van der Waals surface area contributed by atoms with Gasteiger partial charge in [-0.25, -0.2) is 0 Å².